The van der Waals surface area contributed by atoms with Crippen LogP contribution in [-0.4, -0.2) is 45.1 Å². The van der Waals surface area contributed by atoms with Gasteiger partial charge in [0.1, 0.15) is 25.5 Å². The molecule has 0 aliphatic heterocycles. The van der Waals surface area contributed by atoms with Crippen LogP contribution in [0.1, 0.15) is 64.5 Å². The second kappa shape index (κ2) is 15.7. The van der Waals surface area contributed by atoms with Gasteiger partial charge in [-0.1, -0.05) is 50.1 Å². The molecule has 0 radical (unpaired) electrons. The molecule has 1 aromatic carbocycles. The van der Waals surface area contributed by atoms with E-state index in [4.69, 9.17) is 4.74 Å². The minimum absolute atomic E-state index is 0.332. The highest BCUT2D eigenvalue weighted by Crippen LogP contribution is 2.36. The average Bonchev–Trinajstić information content (AvgIpc) is 3.32. The molecule has 0 unspecified atom stereocenters. The smallest absolute Gasteiger partial charge is 0.445 e. The monoisotopic (exact) mass is 678 g/mol. The molecule has 0 bridgehead atoms. The van der Waals surface area contributed by atoms with E-state index in [0.717, 1.165) is 27.4 Å². The van der Waals surface area contributed by atoms with Crippen LogP contribution in [0.25, 0.3) is 9.70 Å². The van der Waals surface area contributed by atoms with Crippen LogP contribution in [0.2, 0.25) is 0 Å². The van der Waals surface area contributed by atoms with Crippen LogP contribution in [0, 0.1) is 0 Å². The average molecular weight is 679 g/mol. The Kier molecular flexibility index (Phi) is 13.9. The van der Waals surface area contributed by atoms with Crippen LogP contribution in [0.5, 0.6) is 0 Å². The summed E-state index contributed by atoms with van der Waals surface area (Å²) in [5.74, 6) is 0. The molecular formula is C26H36F6N4O6S2. The van der Waals surface area contributed by atoms with Crippen molar-refractivity contribution in [2.45, 2.75) is 83.0 Å². The number of unbranched alkanes of at least 4 members (excludes halogenated alkanes) is 3. The summed E-state index contributed by atoms with van der Waals surface area (Å²) in [4.78, 5) is 12.3. The number of alkyl halides is 6. The Morgan fingerprint density at radius 2 is 1.61 bits per heavy atom. The van der Waals surface area contributed by atoms with E-state index in [1.54, 1.807) is 0 Å². The third kappa shape index (κ3) is 12.5. The third-order valence-electron chi connectivity index (χ3n) is 5.87. The van der Waals surface area contributed by atoms with Crippen LogP contribution in [0.15, 0.2) is 49.6 Å². The Bertz CT molecular complexity index is 1430. The zero-order chi connectivity index (χ0) is 34.0. The number of hydrogen-bond donors (Lipinski definition) is 1. The number of sulfonamides is 2. The van der Waals surface area contributed by atoms with Crippen molar-refractivity contribution in [3.05, 3.63) is 64.8 Å². The fourth-order valence-electron chi connectivity index (χ4n) is 3.42. The first-order chi connectivity index (χ1) is 20.0. The highest BCUT2D eigenvalue weighted by Gasteiger charge is 2.47. The fraction of sp³-hybridized carbons (Fsp3) is 0.538. The molecule has 250 valence electrons. The first-order valence-corrected chi connectivity index (χ1v) is 16.0. The molecule has 1 N–H and O–H groups in total. The van der Waals surface area contributed by atoms with Crippen molar-refractivity contribution in [2.24, 2.45) is 0 Å². The van der Waals surface area contributed by atoms with E-state index in [1.807, 2.05) is 45.2 Å². The number of aromatic nitrogens is 2. The zero-order valence-corrected chi connectivity index (χ0v) is 26.2. The van der Waals surface area contributed by atoms with Crippen molar-refractivity contribution in [1.29, 1.82) is 0 Å². The van der Waals surface area contributed by atoms with Gasteiger partial charge in [0.05, 0.1) is 12.1 Å². The van der Waals surface area contributed by atoms with Crippen molar-refractivity contribution in [3.8, 4) is 0 Å². The van der Waals surface area contributed by atoms with Gasteiger partial charge in [0.15, 0.2) is 20.0 Å². The minimum atomic E-state index is -6.72. The quantitative estimate of drug-likeness (QED) is 0.155. The van der Waals surface area contributed by atoms with Crippen LogP contribution < -0.4 is 9.88 Å². The Morgan fingerprint density at radius 3 is 2.14 bits per heavy atom. The number of carbonyl (C=O) groups is 1. The van der Waals surface area contributed by atoms with Crippen molar-refractivity contribution in [3.63, 3.8) is 0 Å². The van der Waals surface area contributed by atoms with E-state index in [-0.39, 0.29) is 0 Å². The van der Waals surface area contributed by atoms with Gasteiger partial charge in [-0.05, 0) is 50.8 Å². The molecule has 1 amide bonds. The molecule has 44 heavy (non-hydrogen) atoms. The number of alkyl carbamates (subject to hydrolysis) is 1. The van der Waals surface area contributed by atoms with Gasteiger partial charge >= 0.3 is 17.1 Å². The largest absolute Gasteiger partial charge is 0.480 e. The molecule has 2 aromatic rings. The Balaban J connectivity index is 0.000000546. The lowest BCUT2D eigenvalue weighted by Crippen LogP contribution is -2.41. The lowest BCUT2D eigenvalue weighted by Gasteiger charge is -2.27. The van der Waals surface area contributed by atoms with E-state index in [0.29, 0.717) is 13.2 Å². The molecule has 2 rings (SSSR count). The Morgan fingerprint density at radius 1 is 1.02 bits per heavy atom. The molecule has 0 spiro atoms. The summed E-state index contributed by atoms with van der Waals surface area (Å²) in [6.45, 7) is 14.1. The number of aryl methyl sites for hydroxylation is 1. The molecule has 10 nitrogen and oxygen atoms in total. The second-order valence-electron chi connectivity index (χ2n) is 10.1. The van der Waals surface area contributed by atoms with Gasteiger partial charge in [0.2, 0.25) is 6.33 Å². The van der Waals surface area contributed by atoms with Crippen molar-refractivity contribution < 1.29 is 57.3 Å². The van der Waals surface area contributed by atoms with E-state index < -0.39 is 42.7 Å². The summed E-state index contributed by atoms with van der Waals surface area (Å²) in [5.41, 5.74) is -9.85. The molecule has 1 aromatic heterocycles. The number of amides is 1. The molecule has 0 atom stereocenters. The number of benzene rings is 1. The lowest BCUT2D eigenvalue weighted by atomic mass is 9.92. The highest BCUT2D eigenvalue weighted by molar-refractivity contribution is 8.13. The number of carbonyl (C=O) groups excluding carboxylic acids is 1. The number of halogens is 6. The maximum atomic E-state index is 12.3. The number of imidazole rings is 1. The first-order valence-electron chi connectivity index (χ1n) is 13.2. The van der Waals surface area contributed by atoms with Gasteiger partial charge in [0.25, 0.3) is 0 Å². The zero-order valence-electron chi connectivity index (χ0n) is 24.6. The molecule has 18 heteroatoms. The molecule has 0 fully saturated rings. The number of allylic oxidation sites excluding steroid dienone is 1. The number of rotatable bonds is 13. The van der Waals surface area contributed by atoms with Crippen molar-refractivity contribution in [1.82, 2.24) is 9.88 Å². The lowest BCUT2D eigenvalue weighted by molar-refractivity contribution is -0.696. The number of ether oxygens (including phenoxy) is 1. The third-order valence-corrected chi connectivity index (χ3v) is 8.61. The van der Waals surface area contributed by atoms with E-state index in [1.165, 1.54) is 25.7 Å². The standard InChI is InChI=1S/C24H35N3O2.C2F6NO4S2/c1-6-7-8-9-13-26-14-15-27(19-26)16-17-29-23(28)25-24(4,5)22-12-10-11-21(18-22)20(2)3;3-1(4,5)14(10,11)9-15(12,13)2(6,7)8/h10-12,14-15,18-19H,2,6-9,13,16-17H2,1,3-5H3;/q;-1/p+1. The highest BCUT2D eigenvalue weighted by atomic mass is 32.3. The van der Waals surface area contributed by atoms with Crippen LogP contribution in [0.3, 0.4) is 0 Å². The Labute approximate surface area is 253 Å². The SMILES string of the molecule is C=C(C)c1cccc(C(C)(C)NC(=O)OCCn2cc[n+](CCCCCC)c2)c1.O=S(=O)([N-]S(=O)(=O)C(F)(F)F)C(F)(F)F. The normalized spacial score (nSPS) is 12.7. The second-order valence-corrected chi connectivity index (χ2v) is 13.5. The van der Waals surface area contributed by atoms with Crippen LogP contribution in [0.4, 0.5) is 31.1 Å². The van der Waals surface area contributed by atoms with Gasteiger partial charge in [0, 0.05) is 0 Å². The van der Waals surface area contributed by atoms with Crippen LogP contribution >= 0.6 is 0 Å². The minimum Gasteiger partial charge on any atom is -0.445 e. The van der Waals surface area contributed by atoms with Gasteiger partial charge in [-0.2, -0.15) is 26.3 Å². The molecule has 0 aliphatic rings. The van der Waals surface area contributed by atoms with Gasteiger partial charge < -0.3 is 14.2 Å². The molecule has 1 heterocycles. The summed E-state index contributed by atoms with van der Waals surface area (Å²) in [5, 5.41) is 2.96. The summed E-state index contributed by atoms with van der Waals surface area (Å²) >= 11 is 0. The van der Waals surface area contributed by atoms with E-state index in [9.17, 15) is 48.0 Å². The number of nitrogens with zero attached hydrogens (tertiary/aromatic N) is 3. The first kappa shape index (κ1) is 38.9. The summed E-state index contributed by atoms with van der Waals surface area (Å²) in [6.07, 6.45) is 10.8. The molecule has 0 saturated heterocycles. The van der Waals surface area contributed by atoms with Crippen molar-refractivity contribution >= 4 is 31.7 Å². The fourth-order valence-corrected chi connectivity index (χ4v) is 5.13. The van der Waals surface area contributed by atoms with Gasteiger partial charge in [-0.15, -0.1) is 0 Å². The Hall–Kier alpha value is -3.12. The van der Waals surface area contributed by atoms with Crippen LogP contribution in [-0.2, 0) is 43.4 Å². The summed E-state index contributed by atoms with van der Waals surface area (Å²) in [7, 11) is -13.4. The predicted molar refractivity (Wildman–Crippen MR) is 151 cm³/mol. The number of nitrogens with one attached hydrogen (secondary N) is 1. The van der Waals surface area contributed by atoms with E-state index in [2.05, 4.69) is 46.5 Å². The van der Waals surface area contributed by atoms with E-state index >= 15 is 0 Å². The predicted octanol–water partition coefficient (Wildman–Crippen LogP) is 6.11. The summed E-state index contributed by atoms with van der Waals surface area (Å²) in [6, 6.07) is 8.07. The maximum absolute atomic E-state index is 12.3. The molecular weight excluding hydrogens is 642 g/mol. The van der Waals surface area contributed by atoms with Gasteiger partial charge in [-0.3, -0.25) is 0 Å². The molecule has 0 aliphatic carbocycles. The summed E-state index contributed by atoms with van der Waals surface area (Å²) < 4.78 is 119. The maximum Gasteiger partial charge on any atom is 0.480 e. The molecule has 0 saturated carbocycles. The van der Waals surface area contributed by atoms with Gasteiger partial charge in [-0.25, -0.2) is 30.8 Å². The van der Waals surface area contributed by atoms with Crippen molar-refractivity contribution in [2.75, 3.05) is 6.61 Å². The number of hydrogen-bond acceptors (Lipinski definition) is 6. The topological polar surface area (TPSA) is 130 Å².